The summed E-state index contributed by atoms with van der Waals surface area (Å²) in [5.74, 6) is 1.32. The molecule has 2 radical (unpaired) electrons. The van der Waals surface area contributed by atoms with Crippen LogP contribution in [0.5, 0.6) is 5.75 Å². The minimum atomic E-state index is -0.147. The smallest absolute Gasteiger partial charge is 0.109 e. The predicted octanol–water partition coefficient (Wildman–Crippen LogP) is 4.76. The number of benzene rings is 2. The molecule has 2 aromatic heterocycles. The first-order valence-corrected chi connectivity index (χ1v) is 11.8. The van der Waals surface area contributed by atoms with Gasteiger partial charge in [0.25, 0.3) is 0 Å². The van der Waals surface area contributed by atoms with E-state index in [4.69, 9.17) is 27.8 Å². The molecule has 0 aliphatic carbocycles. The van der Waals surface area contributed by atoms with Gasteiger partial charge < -0.3 is 37.4 Å². The minimum Gasteiger partial charge on any atom is -0.581 e. The summed E-state index contributed by atoms with van der Waals surface area (Å²) in [5.41, 5.74) is 0.873. The van der Waals surface area contributed by atoms with Gasteiger partial charge in [-0.3, -0.25) is 0 Å². The molecule has 8 nitrogen and oxygen atoms in total. The van der Waals surface area contributed by atoms with E-state index in [9.17, 15) is 9.59 Å². The fraction of sp³-hybridized carbons (Fsp3) is 0.379. The molecule has 4 rings (SSSR count). The van der Waals surface area contributed by atoms with Gasteiger partial charge in [-0.2, -0.15) is 0 Å². The maximum absolute atomic E-state index is 11.8. The number of hydrogen-bond acceptors (Lipinski definition) is 8. The van der Waals surface area contributed by atoms with E-state index in [-0.39, 0.29) is 82.2 Å². The average molecular weight is 688 g/mol. The van der Waals surface area contributed by atoms with Crippen LogP contribution >= 0.6 is 0 Å². The van der Waals surface area contributed by atoms with Crippen LogP contribution in [0.2, 0.25) is 0 Å². The molecule has 0 bridgehead atoms. The Bertz CT molecular complexity index is 1310. The van der Waals surface area contributed by atoms with Crippen LogP contribution in [0, 0.1) is 24.4 Å². The van der Waals surface area contributed by atoms with Crippen LogP contribution < -0.4 is 15.6 Å². The van der Waals surface area contributed by atoms with Crippen LogP contribution in [-0.2, 0) is 79.6 Å². The molecule has 0 spiro atoms. The van der Waals surface area contributed by atoms with Gasteiger partial charge in [0.15, 0.2) is 0 Å². The molecular weight excluding hydrogens is 654 g/mol. The summed E-state index contributed by atoms with van der Waals surface area (Å²) in [6, 6.07) is 14.9. The van der Waals surface area contributed by atoms with E-state index in [2.05, 4.69) is 19.5 Å². The third kappa shape index (κ3) is 13.3. The fourth-order valence-electron chi connectivity index (χ4n) is 3.34. The quantitative estimate of drug-likeness (QED) is 0.233. The Hall–Kier alpha value is -1.25. The van der Waals surface area contributed by atoms with E-state index in [0.29, 0.717) is 46.8 Å². The monoisotopic (exact) mass is 688 g/mol. The summed E-state index contributed by atoms with van der Waals surface area (Å²) in [4.78, 5) is 22.9. The van der Waals surface area contributed by atoms with E-state index >= 15 is 0 Å². The van der Waals surface area contributed by atoms with Gasteiger partial charge in [0.2, 0.25) is 0 Å². The third-order valence-corrected chi connectivity index (χ3v) is 4.98. The summed E-state index contributed by atoms with van der Waals surface area (Å²) in [7, 11) is 5.05. The molecule has 0 fully saturated rings. The summed E-state index contributed by atoms with van der Waals surface area (Å²) in [6.45, 7) is 6.79. The van der Waals surface area contributed by atoms with Crippen LogP contribution in [0.25, 0.3) is 21.9 Å². The Balaban J connectivity index is 0.000000592. The first-order chi connectivity index (χ1) is 17.9. The third-order valence-electron chi connectivity index (χ3n) is 4.98. The maximum Gasteiger partial charge on any atom is 0.109 e. The maximum atomic E-state index is 11.8. The molecule has 10 heteroatoms. The Morgan fingerprint density at radius 3 is 1.79 bits per heavy atom. The van der Waals surface area contributed by atoms with E-state index in [0.717, 1.165) is 13.2 Å². The molecule has 0 saturated heterocycles. The van der Waals surface area contributed by atoms with Gasteiger partial charge in [-0.15, -0.1) is 0 Å². The van der Waals surface area contributed by atoms with Gasteiger partial charge in [0.1, 0.15) is 5.75 Å². The minimum absolute atomic E-state index is 0. The van der Waals surface area contributed by atoms with Crippen molar-refractivity contribution in [3.05, 3.63) is 87.6 Å². The largest absolute Gasteiger partial charge is 0.581 e. The molecule has 0 aliphatic rings. The van der Waals surface area contributed by atoms with Crippen molar-refractivity contribution in [1.82, 2.24) is 0 Å². The van der Waals surface area contributed by atoms with Crippen LogP contribution in [0.4, 0.5) is 0 Å². The Morgan fingerprint density at radius 1 is 0.692 bits per heavy atom. The molecule has 2 heterocycles. The first-order valence-electron chi connectivity index (χ1n) is 11.8. The summed E-state index contributed by atoms with van der Waals surface area (Å²) < 4.78 is 30.6. The first kappa shape index (κ1) is 37.7. The van der Waals surface area contributed by atoms with Gasteiger partial charge in [0, 0.05) is 110 Å². The van der Waals surface area contributed by atoms with Crippen LogP contribution in [-0.4, -0.2) is 47.8 Å². The van der Waals surface area contributed by atoms with E-state index in [1.165, 1.54) is 12.1 Å². The SMILES string of the molecule is COCC(C)COC.COCC(C)COc1cccc2o[c-]cc(=O)c12.O=c1c[c-]oc2ccccc12.[Y].[Y]. The molecule has 1 unspecified atom stereocenters. The molecular formula is C29H34O8Y2-2. The van der Waals surface area contributed by atoms with Gasteiger partial charge >= 0.3 is 0 Å². The van der Waals surface area contributed by atoms with Crippen molar-refractivity contribution in [2.45, 2.75) is 13.8 Å². The molecule has 1 atom stereocenters. The molecule has 206 valence electrons. The number of methoxy groups -OCH3 is 3. The zero-order valence-electron chi connectivity index (χ0n) is 23.1. The van der Waals surface area contributed by atoms with Crippen molar-refractivity contribution >= 4 is 21.9 Å². The summed E-state index contributed by atoms with van der Waals surface area (Å²) in [6.07, 6.45) is 4.87. The number of hydrogen-bond donors (Lipinski definition) is 0. The second kappa shape index (κ2) is 21.5. The number of rotatable bonds is 9. The second-order valence-corrected chi connectivity index (χ2v) is 8.47. The van der Waals surface area contributed by atoms with E-state index in [1.807, 2.05) is 13.0 Å². The molecule has 0 N–H and O–H groups in total. The van der Waals surface area contributed by atoms with Crippen molar-refractivity contribution < 1.29 is 93.2 Å². The summed E-state index contributed by atoms with van der Waals surface area (Å²) >= 11 is 0. The van der Waals surface area contributed by atoms with Crippen molar-refractivity contribution in [2.75, 3.05) is 47.8 Å². The van der Waals surface area contributed by atoms with E-state index < -0.39 is 0 Å². The fourth-order valence-corrected chi connectivity index (χ4v) is 3.34. The Labute approximate surface area is 279 Å². The van der Waals surface area contributed by atoms with Crippen LogP contribution in [0.1, 0.15) is 13.8 Å². The van der Waals surface area contributed by atoms with Crippen molar-refractivity contribution in [1.29, 1.82) is 0 Å². The van der Waals surface area contributed by atoms with Crippen molar-refractivity contribution in [3.63, 3.8) is 0 Å². The zero-order valence-corrected chi connectivity index (χ0v) is 28.8. The summed E-state index contributed by atoms with van der Waals surface area (Å²) in [5, 5.41) is 1.06. The molecule has 0 amide bonds. The standard InChI is InChI=1S/C14H15O4.C9H5O2.C6H14O2.2Y/c1-10(8-16-2)9-18-13-5-3-4-12-14(13)11(15)6-7-17-12;10-8-5-6-11-9-4-2-1-3-7(8)9;1-6(4-7-2)5-8-3;;/h3-6,10H,8-9H2,1-2H3;1-5H;6H,4-5H2,1-3H3;;/q2*-1;;;. The Morgan fingerprint density at radius 2 is 1.21 bits per heavy atom. The van der Waals surface area contributed by atoms with Crippen molar-refractivity contribution in [3.8, 4) is 5.75 Å². The molecule has 2 aromatic carbocycles. The number of ether oxygens (including phenoxy) is 4. The van der Waals surface area contributed by atoms with Crippen LogP contribution in [0.3, 0.4) is 0 Å². The topological polar surface area (TPSA) is 97.3 Å². The normalized spacial score (nSPS) is 10.8. The molecule has 39 heavy (non-hydrogen) atoms. The van der Waals surface area contributed by atoms with Gasteiger partial charge in [-0.05, 0) is 29.4 Å². The molecule has 0 saturated carbocycles. The molecule has 4 aromatic rings. The van der Waals surface area contributed by atoms with Gasteiger partial charge in [-0.1, -0.05) is 62.4 Å². The number of fused-ring (bicyclic) bond motifs is 2. The van der Waals surface area contributed by atoms with Crippen molar-refractivity contribution in [2.24, 2.45) is 11.8 Å². The second-order valence-electron chi connectivity index (χ2n) is 8.47. The van der Waals surface area contributed by atoms with Crippen LogP contribution in [0.15, 0.2) is 73.0 Å². The van der Waals surface area contributed by atoms with Gasteiger partial charge in [-0.25, -0.2) is 0 Å². The van der Waals surface area contributed by atoms with Gasteiger partial charge in [0.05, 0.1) is 37.3 Å². The number of para-hydroxylation sites is 1. The average Bonchev–Trinajstić information content (AvgIpc) is 2.89. The Kier molecular flexibility index (Phi) is 20.8. The zero-order chi connectivity index (χ0) is 27.0. The predicted molar refractivity (Wildman–Crippen MR) is 142 cm³/mol. The van der Waals surface area contributed by atoms with E-state index in [1.54, 1.807) is 57.7 Å². The molecule has 0 aliphatic heterocycles.